The molecule has 61 heavy (non-hydrogen) atoms. The molecule has 0 spiro atoms. The lowest BCUT2D eigenvalue weighted by atomic mass is 9.88. The number of aryl methyl sites for hydroxylation is 4. The van der Waals surface area contributed by atoms with Crippen molar-refractivity contribution in [1.82, 2.24) is 0 Å². The molecule has 4 nitrogen and oxygen atoms in total. The maximum Gasteiger partial charge on any atom is 0.159 e. The van der Waals surface area contributed by atoms with Gasteiger partial charge in [0.25, 0.3) is 0 Å². The van der Waals surface area contributed by atoms with Gasteiger partial charge in [-0.15, -0.1) is 0 Å². The summed E-state index contributed by atoms with van der Waals surface area (Å²) in [5, 5.41) is 11.9. The number of benzene rings is 10. The molecule has 0 N–H and O–H groups in total. The standard InChI is InChI=1S/C57H42N2O2/c1-5-37-17-13-23-43-45-25-15-27-49(57(45)61-55(37)43)59(39-20-10-7-11-21-39)51-33-36(4)41-28-30-46-50(32-35(3)40-29-31-47(51)53(41)52(40)46)58(38-18-8-6-9-19-38)48-26-14-24-44-42-22-12-16-34(2)54(42)60-56(44)48/h6-33H,5H2,1-4H3. The molecule has 4 heteroatoms. The fourth-order valence-corrected chi connectivity index (χ4v) is 10.1. The summed E-state index contributed by atoms with van der Waals surface area (Å²) < 4.78 is 13.8. The van der Waals surface area contributed by atoms with E-state index >= 15 is 0 Å². The first-order valence-corrected chi connectivity index (χ1v) is 21.2. The largest absolute Gasteiger partial charge is 0.454 e. The number of hydrogen-bond donors (Lipinski definition) is 0. The van der Waals surface area contributed by atoms with Gasteiger partial charge in [-0.2, -0.15) is 0 Å². The molecule has 2 aromatic heterocycles. The summed E-state index contributed by atoms with van der Waals surface area (Å²) in [4.78, 5) is 4.80. The molecule has 0 aliphatic rings. The number of rotatable bonds is 7. The summed E-state index contributed by atoms with van der Waals surface area (Å²) in [5.41, 5.74) is 14.8. The van der Waals surface area contributed by atoms with Crippen LogP contribution in [0.2, 0.25) is 0 Å². The molecule has 0 bridgehead atoms. The average Bonchev–Trinajstić information content (AvgIpc) is 3.89. The van der Waals surface area contributed by atoms with Gasteiger partial charge in [-0.05, 0) is 120 Å². The highest BCUT2D eigenvalue weighted by Gasteiger charge is 2.27. The Bertz CT molecular complexity index is 3670. The van der Waals surface area contributed by atoms with Crippen molar-refractivity contribution in [1.29, 1.82) is 0 Å². The molecule has 292 valence electrons. The maximum atomic E-state index is 6.93. The lowest BCUT2D eigenvalue weighted by Crippen LogP contribution is -2.12. The normalized spacial score (nSPS) is 12.0. The first-order valence-electron chi connectivity index (χ1n) is 21.2. The fraction of sp³-hybridized carbons (Fsp3) is 0.0877. The van der Waals surface area contributed by atoms with Crippen LogP contribution >= 0.6 is 0 Å². The number of hydrogen-bond acceptors (Lipinski definition) is 4. The van der Waals surface area contributed by atoms with E-state index in [2.05, 4.69) is 207 Å². The van der Waals surface area contributed by atoms with Crippen LogP contribution in [0.3, 0.4) is 0 Å². The summed E-state index contributed by atoms with van der Waals surface area (Å²) in [6, 6.07) is 61.5. The van der Waals surface area contributed by atoms with E-state index in [9.17, 15) is 0 Å². The molecule has 0 saturated heterocycles. The summed E-state index contributed by atoms with van der Waals surface area (Å²) in [6.45, 7) is 8.82. The summed E-state index contributed by atoms with van der Waals surface area (Å²) >= 11 is 0. The Hall–Kier alpha value is -7.56. The van der Waals surface area contributed by atoms with E-state index in [4.69, 9.17) is 8.83 Å². The van der Waals surface area contributed by atoms with E-state index in [-0.39, 0.29) is 0 Å². The van der Waals surface area contributed by atoms with Crippen LogP contribution in [-0.2, 0) is 6.42 Å². The van der Waals surface area contributed by atoms with Crippen LogP contribution in [0, 0.1) is 20.8 Å². The molecule has 12 aromatic rings. The molecule has 10 aromatic carbocycles. The summed E-state index contributed by atoms with van der Waals surface area (Å²) in [5.74, 6) is 0. The quantitative estimate of drug-likeness (QED) is 0.151. The molecule has 0 atom stereocenters. The molecule has 0 aliphatic heterocycles. The molecule has 2 heterocycles. The van der Waals surface area contributed by atoms with E-state index < -0.39 is 0 Å². The second-order valence-electron chi connectivity index (χ2n) is 16.4. The maximum absolute atomic E-state index is 6.93. The van der Waals surface area contributed by atoms with E-state index in [1.165, 1.54) is 49.0 Å². The number of furan rings is 2. The third kappa shape index (κ3) is 5.18. The SMILES string of the molecule is CCc1cccc2c1oc1c(N(c3ccccc3)c3cc(C)c4ccc5c(N(c6ccccc6)c6cccc7c6oc6c(C)cccc67)cc(C)c6ccc3c4c65)cccc12. The molecule has 0 radical (unpaired) electrons. The van der Waals surface area contributed by atoms with Crippen molar-refractivity contribution in [3.05, 3.63) is 192 Å². The highest BCUT2D eigenvalue weighted by molar-refractivity contribution is 6.30. The van der Waals surface area contributed by atoms with Crippen LogP contribution < -0.4 is 9.80 Å². The van der Waals surface area contributed by atoms with Gasteiger partial charge in [0.1, 0.15) is 11.2 Å². The van der Waals surface area contributed by atoms with Crippen molar-refractivity contribution in [2.45, 2.75) is 34.1 Å². The minimum atomic E-state index is 0.876. The number of fused-ring (bicyclic) bond motifs is 6. The Morgan fingerprint density at radius 1 is 0.344 bits per heavy atom. The Kier molecular flexibility index (Phi) is 7.82. The van der Waals surface area contributed by atoms with Crippen molar-refractivity contribution in [2.75, 3.05) is 9.80 Å². The zero-order valence-corrected chi connectivity index (χ0v) is 34.6. The van der Waals surface area contributed by atoms with Crippen LogP contribution in [0.25, 0.3) is 76.2 Å². The number of para-hydroxylation sites is 6. The second kappa shape index (κ2) is 13.5. The second-order valence-corrected chi connectivity index (χ2v) is 16.4. The molecular formula is C57H42N2O2. The fourth-order valence-electron chi connectivity index (χ4n) is 10.1. The number of nitrogens with zero attached hydrogens (tertiary/aromatic N) is 2. The third-order valence-electron chi connectivity index (χ3n) is 12.9. The molecule has 12 rings (SSSR count). The molecule has 0 unspecified atom stereocenters. The first-order chi connectivity index (χ1) is 30.0. The zero-order chi connectivity index (χ0) is 40.9. The van der Waals surface area contributed by atoms with Crippen molar-refractivity contribution in [2.24, 2.45) is 0 Å². The van der Waals surface area contributed by atoms with Crippen LogP contribution in [0.1, 0.15) is 29.2 Å². The Morgan fingerprint density at radius 3 is 1.28 bits per heavy atom. The topological polar surface area (TPSA) is 32.8 Å². The lowest BCUT2D eigenvalue weighted by molar-refractivity contribution is 0.663. The first kappa shape index (κ1) is 35.4. The summed E-state index contributed by atoms with van der Waals surface area (Å²) in [7, 11) is 0. The van der Waals surface area contributed by atoms with E-state index in [1.807, 2.05) is 0 Å². The summed E-state index contributed by atoms with van der Waals surface area (Å²) in [6.07, 6.45) is 0.902. The van der Waals surface area contributed by atoms with Gasteiger partial charge in [0.2, 0.25) is 0 Å². The average molecular weight is 787 g/mol. The van der Waals surface area contributed by atoms with Gasteiger partial charge in [0.15, 0.2) is 11.2 Å². The Labute approximate surface area is 353 Å². The molecule has 0 aliphatic carbocycles. The van der Waals surface area contributed by atoms with Crippen molar-refractivity contribution >= 4 is 110 Å². The van der Waals surface area contributed by atoms with Gasteiger partial charge in [0, 0.05) is 43.7 Å². The lowest BCUT2D eigenvalue weighted by Gasteiger charge is -2.30. The highest BCUT2D eigenvalue weighted by Crippen LogP contribution is 2.51. The van der Waals surface area contributed by atoms with Crippen LogP contribution in [-0.4, -0.2) is 0 Å². The minimum Gasteiger partial charge on any atom is -0.454 e. The van der Waals surface area contributed by atoms with Gasteiger partial charge in [0.05, 0.1) is 22.7 Å². The molecule has 0 saturated carbocycles. The van der Waals surface area contributed by atoms with Crippen molar-refractivity contribution < 1.29 is 8.83 Å². The minimum absolute atomic E-state index is 0.876. The molecule has 0 fully saturated rings. The predicted octanol–water partition coefficient (Wildman–Crippen LogP) is 16.8. The van der Waals surface area contributed by atoms with Crippen LogP contribution in [0.4, 0.5) is 34.1 Å². The monoisotopic (exact) mass is 786 g/mol. The molecular weight excluding hydrogens is 745 g/mol. The van der Waals surface area contributed by atoms with Crippen LogP contribution in [0.15, 0.2) is 179 Å². The number of anilines is 6. The third-order valence-corrected chi connectivity index (χ3v) is 12.9. The van der Waals surface area contributed by atoms with Crippen molar-refractivity contribution in [3.8, 4) is 0 Å². The van der Waals surface area contributed by atoms with E-state index in [0.29, 0.717) is 0 Å². The van der Waals surface area contributed by atoms with Gasteiger partial charge >= 0.3 is 0 Å². The van der Waals surface area contributed by atoms with Crippen LogP contribution in [0.5, 0.6) is 0 Å². The Balaban J connectivity index is 1.16. The van der Waals surface area contributed by atoms with Gasteiger partial charge in [-0.25, -0.2) is 0 Å². The Morgan fingerprint density at radius 2 is 0.770 bits per heavy atom. The smallest absolute Gasteiger partial charge is 0.159 e. The van der Waals surface area contributed by atoms with Gasteiger partial charge in [-0.1, -0.05) is 128 Å². The zero-order valence-electron chi connectivity index (χ0n) is 34.6. The van der Waals surface area contributed by atoms with E-state index in [0.717, 1.165) is 90.0 Å². The highest BCUT2D eigenvalue weighted by atomic mass is 16.3. The van der Waals surface area contributed by atoms with E-state index in [1.54, 1.807) is 0 Å². The molecule has 0 amide bonds. The van der Waals surface area contributed by atoms with Gasteiger partial charge < -0.3 is 18.6 Å². The van der Waals surface area contributed by atoms with Gasteiger partial charge in [-0.3, -0.25) is 0 Å². The predicted molar refractivity (Wildman–Crippen MR) is 258 cm³/mol. The van der Waals surface area contributed by atoms with Crippen molar-refractivity contribution in [3.63, 3.8) is 0 Å².